The largest absolute Gasteiger partial charge is 0.481 e. The molecule has 1 aromatic rings. The zero-order valence-corrected chi connectivity index (χ0v) is 11.3. The molecule has 0 heterocycles. The van der Waals surface area contributed by atoms with Gasteiger partial charge in [0.2, 0.25) is 10.0 Å². The maximum atomic E-state index is 13.3. The first kappa shape index (κ1) is 16.1. The number of rotatable bonds is 7. The molecule has 8 heteroatoms. The van der Waals surface area contributed by atoms with Crippen LogP contribution in [0.3, 0.4) is 0 Å². The van der Waals surface area contributed by atoms with E-state index in [1.165, 1.54) is 12.1 Å². The molecule has 20 heavy (non-hydrogen) atoms. The summed E-state index contributed by atoms with van der Waals surface area (Å²) in [5, 5.41) is 17.2. The van der Waals surface area contributed by atoms with Crippen molar-refractivity contribution in [2.45, 2.75) is 24.2 Å². The maximum absolute atomic E-state index is 13.3. The van der Waals surface area contributed by atoms with Crippen LogP contribution in [0, 0.1) is 17.1 Å². The summed E-state index contributed by atoms with van der Waals surface area (Å²) in [6.07, 6.45) is 0.611. The van der Waals surface area contributed by atoms with Crippen molar-refractivity contribution in [3.8, 4) is 6.07 Å². The minimum absolute atomic E-state index is 0.0248. The smallest absolute Gasteiger partial charge is 0.303 e. The topological polar surface area (TPSA) is 107 Å². The normalized spacial score (nSPS) is 11.0. The fourth-order valence-electron chi connectivity index (χ4n) is 1.52. The SMILES string of the molecule is N#Cc1c(F)cccc1S(=O)(=O)NCCCCC(=O)O. The van der Waals surface area contributed by atoms with E-state index >= 15 is 0 Å². The van der Waals surface area contributed by atoms with Gasteiger partial charge >= 0.3 is 5.97 Å². The molecule has 0 aromatic heterocycles. The van der Waals surface area contributed by atoms with E-state index in [-0.39, 0.29) is 13.0 Å². The predicted molar refractivity (Wildman–Crippen MR) is 67.8 cm³/mol. The molecule has 0 saturated carbocycles. The molecule has 0 amide bonds. The third-order valence-electron chi connectivity index (χ3n) is 2.49. The summed E-state index contributed by atoms with van der Waals surface area (Å²) in [6, 6.07) is 4.86. The number of unbranched alkanes of at least 4 members (excludes halogenated alkanes) is 1. The highest BCUT2D eigenvalue weighted by Crippen LogP contribution is 2.17. The molecule has 0 unspecified atom stereocenters. The molecule has 0 aliphatic rings. The lowest BCUT2D eigenvalue weighted by atomic mass is 10.2. The Morgan fingerprint density at radius 2 is 2.10 bits per heavy atom. The zero-order chi connectivity index (χ0) is 15.2. The number of halogens is 1. The highest BCUT2D eigenvalue weighted by atomic mass is 32.2. The lowest BCUT2D eigenvalue weighted by molar-refractivity contribution is -0.137. The van der Waals surface area contributed by atoms with Crippen molar-refractivity contribution in [1.29, 1.82) is 5.26 Å². The van der Waals surface area contributed by atoms with Crippen molar-refractivity contribution in [2.75, 3.05) is 6.54 Å². The van der Waals surface area contributed by atoms with E-state index in [9.17, 15) is 17.6 Å². The monoisotopic (exact) mass is 300 g/mol. The summed E-state index contributed by atoms with van der Waals surface area (Å²) < 4.78 is 39.4. The second kappa shape index (κ2) is 6.98. The maximum Gasteiger partial charge on any atom is 0.303 e. The third kappa shape index (κ3) is 4.29. The van der Waals surface area contributed by atoms with Crippen molar-refractivity contribution in [2.24, 2.45) is 0 Å². The fourth-order valence-corrected chi connectivity index (χ4v) is 2.76. The van der Waals surface area contributed by atoms with E-state index < -0.39 is 32.3 Å². The Kier molecular flexibility index (Phi) is 5.61. The van der Waals surface area contributed by atoms with Crippen molar-refractivity contribution in [3.63, 3.8) is 0 Å². The number of hydrogen-bond acceptors (Lipinski definition) is 4. The first-order valence-electron chi connectivity index (χ1n) is 5.78. The molecule has 0 atom stereocenters. The average molecular weight is 300 g/mol. The Hall–Kier alpha value is -1.98. The molecule has 0 saturated heterocycles. The highest BCUT2D eigenvalue weighted by molar-refractivity contribution is 7.89. The van der Waals surface area contributed by atoms with Gasteiger partial charge in [0, 0.05) is 13.0 Å². The summed E-state index contributed by atoms with van der Waals surface area (Å²) >= 11 is 0. The second-order valence-corrected chi connectivity index (χ2v) is 5.71. The summed E-state index contributed by atoms with van der Waals surface area (Å²) in [5.74, 6) is -1.86. The Bertz CT molecular complexity index is 637. The minimum Gasteiger partial charge on any atom is -0.481 e. The van der Waals surface area contributed by atoms with Crippen LogP contribution in [0.5, 0.6) is 0 Å². The Morgan fingerprint density at radius 3 is 2.70 bits per heavy atom. The standard InChI is InChI=1S/C12H13FN2O4S/c13-10-4-3-5-11(9(10)8-14)20(18,19)15-7-2-1-6-12(16)17/h3-5,15H,1-2,6-7H2,(H,16,17). The average Bonchev–Trinajstić information content (AvgIpc) is 2.37. The van der Waals surface area contributed by atoms with Crippen molar-refractivity contribution in [1.82, 2.24) is 4.72 Å². The molecule has 0 bridgehead atoms. The zero-order valence-electron chi connectivity index (χ0n) is 10.5. The Balaban J connectivity index is 2.73. The number of carbonyl (C=O) groups is 1. The molecule has 1 aromatic carbocycles. The molecule has 0 fully saturated rings. The van der Waals surface area contributed by atoms with Crippen LogP contribution >= 0.6 is 0 Å². The fraction of sp³-hybridized carbons (Fsp3) is 0.333. The van der Waals surface area contributed by atoms with Gasteiger partial charge in [-0.2, -0.15) is 5.26 Å². The number of sulfonamides is 1. The molecule has 6 nitrogen and oxygen atoms in total. The number of aliphatic carboxylic acids is 1. The van der Waals surface area contributed by atoms with Gasteiger partial charge in [-0.15, -0.1) is 0 Å². The van der Waals surface area contributed by atoms with Crippen LogP contribution in [0.15, 0.2) is 23.1 Å². The molecule has 108 valence electrons. The van der Waals surface area contributed by atoms with E-state index in [0.29, 0.717) is 12.8 Å². The van der Waals surface area contributed by atoms with Gasteiger partial charge in [0.15, 0.2) is 0 Å². The van der Waals surface area contributed by atoms with E-state index in [1.807, 2.05) is 0 Å². The van der Waals surface area contributed by atoms with Gasteiger partial charge < -0.3 is 5.11 Å². The van der Waals surface area contributed by atoms with Crippen molar-refractivity contribution >= 4 is 16.0 Å². The van der Waals surface area contributed by atoms with Crippen LogP contribution < -0.4 is 4.72 Å². The van der Waals surface area contributed by atoms with Gasteiger partial charge in [-0.1, -0.05) is 6.07 Å². The van der Waals surface area contributed by atoms with E-state index in [1.54, 1.807) is 0 Å². The number of nitrogens with one attached hydrogen (secondary N) is 1. The van der Waals surface area contributed by atoms with Crippen LogP contribution in [-0.4, -0.2) is 26.0 Å². The number of carboxylic acids is 1. The second-order valence-electron chi connectivity index (χ2n) is 3.97. The quantitative estimate of drug-likeness (QED) is 0.736. The van der Waals surface area contributed by atoms with Gasteiger partial charge in [-0.05, 0) is 25.0 Å². The predicted octanol–water partition coefficient (Wildman–Crippen LogP) is 1.23. The van der Waals surface area contributed by atoms with Gasteiger partial charge in [0.1, 0.15) is 22.3 Å². The molecule has 1 rings (SSSR count). The van der Waals surface area contributed by atoms with Crippen LogP contribution in [0.1, 0.15) is 24.8 Å². The molecule has 0 aliphatic heterocycles. The van der Waals surface area contributed by atoms with E-state index in [4.69, 9.17) is 10.4 Å². The molecule has 2 N–H and O–H groups in total. The first-order valence-corrected chi connectivity index (χ1v) is 7.27. The Labute approximate surface area is 115 Å². The molecular weight excluding hydrogens is 287 g/mol. The molecule has 0 radical (unpaired) electrons. The van der Waals surface area contributed by atoms with Gasteiger partial charge in [0.05, 0.1) is 0 Å². The van der Waals surface area contributed by atoms with Crippen molar-refractivity contribution < 1.29 is 22.7 Å². The lowest BCUT2D eigenvalue weighted by Crippen LogP contribution is -2.26. The first-order chi connectivity index (χ1) is 9.38. The summed E-state index contributed by atoms with van der Waals surface area (Å²) in [7, 11) is -3.99. The van der Waals surface area contributed by atoms with Gasteiger partial charge in [-0.3, -0.25) is 4.79 Å². The molecule has 0 aliphatic carbocycles. The number of benzene rings is 1. The number of nitrogens with zero attached hydrogens (tertiary/aromatic N) is 1. The number of carboxylic acid groups (broad SMARTS) is 1. The van der Waals surface area contributed by atoms with Crippen molar-refractivity contribution in [3.05, 3.63) is 29.6 Å². The summed E-state index contributed by atoms with van der Waals surface area (Å²) in [5.41, 5.74) is -0.537. The molecule has 0 spiro atoms. The van der Waals surface area contributed by atoms with Gasteiger partial charge in [-0.25, -0.2) is 17.5 Å². The highest BCUT2D eigenvalue weighted by Gasteiger charge is 2.20. The van der Waals surface area contributed by atoms with Crippen LogP contribution in [0.4, 0.5) is 4.39 Å². The summed E-state index contributed by atoms with van der Waals surface area (Å²) in [6.45, 7) is 0.0248. The minimum atomic E-state index is -3.99. The van der Waals surface area contributed by atoms with Gasteiger partial charge in [0.25, 0.3) is 0 Å². The van der Waals surface area contributed by atoms with Crippen LogP contribution in [-0.2, 0) is 14.8 Å². The van der Waals surface area contributed by atoms with Crippen LogP contribution in [0.25, 0.3) is 0 Å². The number of hydrogen-bond donors (Lipinski definition) is 2. The third-order valence-corrected chi connectivity index (χ3v) is 3.99. The Morgan fingerprint density at radius 1 is 1.40 bits per heavy atom. The van der Waals surface area contributed by atoms with Crippen LogP contribution in [0.2, 0.25) is 0 Å². The van der Waals surface area contributed by atoms with E-state index in [0.717, 1.165) is 12.1 Å². The van der Waals surface area contributed by atoms with E-state index in [2.05, 4.69) is 4.72 Å². The molecular formula is C12H13FN2O4S. The summed E-state index contributed by atoms with van der Waals surface area (Å²) in [4.78, 5) is 9.87. The number of nitriles is 1. The lowest BCUT2D eigenvalue weighted by Gasteiger charge is -2.08.